The van der Waals surface area contributed by atoms with Crippen molar-refractivity contribution in [1.82, 2.24) is 5.06 Å². The van der Waals surface area contributed by atoms with E-state index in [1.165, 1.54) is 18.1 Å². The van der Waals surface area contributed by atoms with Crippen molar-refractivity contribution in [3.63, 3.8) is 0 Å². The molecule has 3 atom stereocenters. The highest BCUT2D eigenvalue weighted by Crippen LogP contribution is 2.51. The maximum Gasteiger partial charge on any atom is 0.243 e. The van der Waals surface area contributed by atoms with Crippen molar-refractivity contribution in [3.8, 4) is 0 Å². The number of benzene rings is 1. The highest BCUT2D eigenvalue weighted by atomic mass is 19.1. The van der Waals surface area contributed by atoms with Gasteiger partial charge in [0.25, 0.3) is 0 Å². The number of carbonyl (C=O) groups is 1. The first-order valence-electron chi connectivity index (χ1n) is 7.31. The van der Waals surface area contributed by atoms with E-state index in [1.807, 2.05) is 0 Å². The molecular formula is C16H20FNO4. The number of aliphatic hydroxyl groups is 1. The number of hydrogen-bond acceptors (Lipinski definition) is 4. The fourth-order valence-corrected chi connectivity index (χ4v) is 3.66. The number of amides is 1. The molecule has 3 rings (SSSR count). The highest BCUT2D eigenvalue weighted by Gasteiger charge is 2.64. The minimum absolute atomic E-state index is 0.0901. The van der Waals surface area contributed by atoms with Crippen LogP contribution in [0.25, 0.3) is 0 Å². The summed E-state index contributed by atoms with van der Waals surface area (Å²) in [6.07, 6.45) is -0.545. The van der Waals surface area contributed by atoms with Crippen LogP contribution < -0.4 is 0 Å². The van der Waals surface area contributed by atoms with Crippen LogP contribution in [-0.2, 0) is 19.9 Å². The lowest BCUT2D eigenvalue weighted by Gasteiger charge is -2.36. The van der Waals surface area contributed by atoms with Crippen LogP contribution in [-0.4, -0.2) is 41.0 Å². The van der Waals surface area contributed by atoms with E-state index in [-0.39, 0.29) is 25.0 Å². The molecule has 0 spiro atoms. The third-order valence-corrected chi connectivity index (χ3v) is 4.53. The van der Waals surface area contributed by atoms with Crippen LogP contribution in [0.3, 0.4) is 0 Å². The van der Waals surface area contributed by atoms with Gasteiger partial charge >= 0.3 is 0 Å². The number of nitrogens with zero attached hydrogens (tertiary/aromatic N) is 1. The van der Waals surface area contributed by atoms with E-state index < -0.39 is 23.1 Å². The van der Waals surface area contributed by atoms with E-state index in [1.54, 1.807) is 32.0 Å². The molecule has 120 valence electrons. The molecule has 1 N–H and O–H groups in total. The van der Waals surface area contributed by atoms with Gasteiger partial charge in [-0.05, 0) is 19.9 Å². The molecule has 6 heteroatoms. The second-order valence-electron chi connectivity index (χ2n) is 6.51. The molecule has 2 saturated heterocycles. The van der Waals surface area contributed by atoms with Crippen molar-refractivity contribution in [2.45, 2.75) is 38.0 Å². The number of hydrogen-bond donors (Lipinski definition) is 1. The molecule has 0 radical (unpaired) electrons. The number of hydroxylamine groups is 2. The average Bonchev–Trinajstić information content (AvgIpc) is 2.94. The molecule has 2 heterocycles. The Kier molecular flexibility index (Phi) is 3.51. The summed E-state index contributed by atoms with van der Waals surface area (Å²) in [4.78, 5) is 17.5. The lowest BCUT2D eigenvalue weighted by molar-refractivity contribution is -0.195. The SMILES string of the molecule is CC(=O)N1OC[C@@H]2C(C(C)(C)O)OC[C@@]21c1ccccc1F. The number of halogens is 1. The fraction of sp³-hybridized carbons (Fsp3) is 0.562. The van der Waals surface area contributed by atoms with Gasteiger partial charge in [0.1, 0.15) is 11.4 Å². The molecule has 1 amide bonds. The maximum absolute atomic E-state index is 14.4. The monoisotopic (exact) mass is 309 g/mol. The van der Waals surface area contributed by atoms with Crippen molar-refractivity contribution in [2.24, 2.45) is 5.92 Å². The zero-order valence-corrected chi connectivity index (χ0v) is 12.9. The predicted molar refractivity (Wildman–Crippen MR) is 76.1 cm³/mol. The predicted octanol–water partition coefficient (Wildman–Crippen LogP) is 1.60. The third kappa shape index (κ3) is 2.06. The average molecular weight is 309 g/mol. The first-order valence-corrected chi connectivity index (χ1v) is 7.31. The smallest absolute Gasteiger partial charge is 0.243 e. The summed E-state index contributed by atoms with van der Waals surface area (Å²) >= 11 is 0. The Bertz CT molecular complexity index is 600. The summed E-state index contributed by atoms with van der Waals surface area (Å²) in [6.45, 7) is 4.95. The molecule has 1 aromatic rings. The van der Waals surface area contributed by atoms with Crippen molar-refractivity contribution < 1.29 is 23.9 Å². The maximum atomic E-state index is 14.4. The summed E-state index contributed by atoms with van der Waals surface area (Å²) in [5.74, 6) is -1.07. The number of fused-ring (bicyclic) bond motifs is 1. The number of rotatable bonds is 2. The van der Waals surface area contributed by atoms with Gasteiger partial charge in [0.05, 0.1) is 24.9 Å². The van der Waals surface area contributed by atoms with Gasteiger partial charge < -0.3 is 9.84 Å². The second-order valence-corrected chi connectivity index (χ2v) is 6.51. The first-order chi connectivity index (χ1) is 10.3. The van der Waals surface area contributed by atoms with Crippen LogP contribution in [0.5, 0.6) is 0 Å². The topological polar surface area (TPSA) is 59.0 Å². The zero-order valence-electron chi connectivity index (χ0n) is 12.9. The Labute approximate surface area is 128 Å². The van der Waals surface area contributed by atoms with Gasteiger partial charge in [0.2, 0.25) is 5.91 Å². The van der Waals surface area contributed by atoms with E-state index >= 15 is 0 Å². The fourth-order valence-electron chi connectivity index (χ4n) is 3.66. The van der Waals surface area contributed by atoms with Gasteiger partial charge in [-0.3, -0.25) is 9.63 Å². The van der Waals surface area contributed by atoms with Crippen LogP contribution in [0.4, 0.5) is 4.39 Å². The Hall–Kier alpha value is -1.50. The molecule has 0 aromatic heterocycles. The lowest BCUT2D eigenvalue weighted by Crippen LogP contribution is -2.50. The standard InChI is InChI=1S/C16H20FNO4/c1-10(19)18-16(11-6-4-5-7-13(11)17)9-21-14(15(2,3)20)12(16)8-22-18/h4-7,12,14,20H,8-9H2,1-3H3/t12-,14?,16-/m1/s1. The Morgan fingerprint density at radius 3 is 2.73 bits per heavy atom. The summed E-state index contributed by atoms with van der Waals surface area (Å²) < 4.78 is 20.2. The van der Waals surface area contributed by atoms with E-state index in [2.05, 4.69) is 0 Å². The molecule has 1 aromatic carbocycles. The van der Waals surface area contributed by atoms with Crippen LogP contribution in [0.15, 0.2) is 24.3 Å². The summed E-state index contributed by atoms with van der Waals surface area (Å²) in [6, 6.07) is 6.32. The molecule has 0 bridgehead atoms. The van der Waals surface area contributed by atoms with Crippen LogP contribution in [0.2, 0.25) is 0 Å². The summed E-state index contributed by atoms with van der Waals surface area (Å²) in [7, 11) is 0. The molecule has 0 aliphatic carbocycles. The van der Waals surface area contributed by atoms with E-state index in [4.69, 9.17) is 9.57 Å². The molecule has 1 unspecified atom stereocenters. The lowest BCUT2D eigenvalue weighted by atomic mass is 9.75. The third-order valence-electron chi connectivity index (χ3n) is 4.53. The van der Waals surface area contributed by atoms with Gasteiger partial charge in [-0.15, -0.1) is 0 Å². The molecule has 22 heavy (non-hydrogen) atoms. The van der Waals surface area contributed by atoms with E-state index in [9.17, 15) is 14.3 Å². The Balaban J connectivity index is 2.14. The Morgan fingerprint density at radius 2 is 2.14 bits per heavy atom. The Morgan fingerprint density at radius 1 is 1.45 bits per heavy atom. The second kappa shape index (κ2) is 5.01. The van der Waals surface area contributed by atoms with E-state index in [0.717, 1.165) is 0 Å². The molecule has 5 nitrogen and oxygen atoms in total. The van der Waals surface area contributed by atoms with Gasteiger partial charge in [0.15, 0.2) is 0 Å². The summed E-state index contributed by atoms with van der Waals surface area (Å²) in [5.41, 5.74) is -1.80. The highest BCUT2D eigenvalue weighted by molar-refractivity contribution is 5.74. The van der Waals surface area contributed by atoms with Crippen molar-refractivity contribution in [3.05, 3.63) is 35.6 Å². The van der Waals surface area contributed by atoms with Crippen LogP contribution in [0.1, 0.15) is 26.3 Å². The molecular weight excluding hydrogens is 289 g/mol. The van der Waals surface area contributed by atoms with Gasteiger partial charge in [-0.2, -0.15) is 0 Å². The van der Waals surface area contributed by atoms with Crippen LogP contribution in [0, 0.1) is 11.7 Å². The van der Waals surface area contributed by atoms with Crippen molar-refractivity contribution in [1.29, 1.82) is 0 Å². The molecule has 2 fully saturated rings. The summed E-state index contributed by atoms with van der Waals surface area (Å²) in [5, 5.41) is 11.6. The minimum Gasteiger partial charge on any atom is -0.388 e. The van der Waals surface area contributed by atoms with Gasteiger partial charge in [-0.25, -0.2) is 9.45 Å². The van der Waals surface area contributed by atoms with Crippen molar-refractivity contribution in [2.75, 3.05) is 13.2 Å². The van der Waals surface area contributed by atoms with Crippen LogP contribution >= 0.6 is 0 Å². The molecule has 2 aliphatic rings. The number of ether oxygens (including phenoxy) is 1. The molecule has 0 saturated carbocycles. The first kappa shape index (κ1) is 15.4. The van der Waals surface area contributed by atoms with Gasteiger partial charge in [0, 0.05) is 18.4 Å². The zero-order chi connectivity index (χ0) is 16.1. The largest absolute Gasteiger partial charge is 0.388 e. The molecule has 2 aliphatic heterocycles. The number of carbonyl (C=O) groups excluding carboxylic acids is 1. The van der Waals surface area contributed by atoms with Gasteiger partial charge in [-0.1, -0.05) is 18.2 Å². The van der Waals surface area contributed by atoms with Crippen molar-refractivity contribution >= 4 is 5.91 Å². The van der Waals surface area contributed by atoms with E-state index in [0.29, 0.717) is 5.56 Å². The minimum atomic E-state index is -1.12. The normalized spacial score (nSPS) is 31.4. The quantitative estimate of drug-likeness (QED) is 0.901.